The molecule has 4 rings (SSSR count). The maximum absolute atomic E-state index is 12.9. The van der Waals surface area contributed by atoms with E-state index in [1.807, 2.05) is 32.0 Å². The van der Waals surface area contributed by atoms with Gasteiger partial charge in [-0.05, 0) is 55.3 Å². The molecular weight excluding hydrogens is 410 g/mol. The number of anilines is 2. The van der Waals surface area contributed by atoms with E-state index in [4.69, 9.17) is 4.74 Å². The molecule has 8 heteroatoms. The summed E-state index contributed by atoms with van der Waals surface area (Å²) in [4.78, 5) is 28.6. The second kappa shape index (κ2) is 9.89. The lowest BCUT2D eigenvalue weighted by atomic mass is 10.1. The minimum absolute atomic E-state index is 0.169. The minimum atomic E-state index is -0.169. The van der Waals surface area contributed by atoms with E-state index in [1.54, 1.807) is 24.5 Å². The zero-order chi connectivity index (χ0) is 21.6. The number of rotatable bonds is 6. The summed E-state index contributed by atoms with van der Waals surface area (Å²) in [6.45, 7) is 6.99. The highest BCUT2D eigenvalue weighted by molar-refractivity contribution is 7.98. The monoisotopic (exact) mass is 435 g/mol. The van der Waals surface area contributed by atoms with Crippen LogP contribution in [0.1, 0.15) is 27.2 Å². The standard InChI is InChI=1S/C23H25N5O2S/c1-16-12-17(2)14-19(13-16)26-21(29)20-4-3-6-24-22(20)31-15-18-5-7-25-23(27-18)28-8-10-30-11-9-28/h3-7,12-14H,8-11,15H2,1-2H3,(H,26,29). The van der Waals surface area contributed by atoms with Crippen molar-refractivity contribution in [1.29, 1.82) is 0 Å². The Morgan fingerprint density at radius 2 is 1.87 bits per heavy atom. The molecule has 0 unspecified atom stereocenters. The zero-order valence-corrected chi connectivity index (χ0v) is 18.5. The van der Waals surface area contributed by atoms with E-state index < -0.39 is 0 Å². The highest BCUT2D eigenvalue weighted by atomic mass is 32.2. The van der Waals surface area contributed by atoms with Gasteiger partial charge in [0.25, 0.3) is 5.91 Å². The first-order chi connectivity index (χ1) is 15.1. The summed E-state index contributed by atoms with van der Waals surface area (Å²) in [6, 6.07) is 11.5. The molecule has 0 spiro atoms. The molecule has 1 N–H and O–H groups in total. The molecule has 1 saturated heterocycles. The molecular formula is C23H25N5O2S. The average Bonchev–Trinajstić information content (AvgIpc) is 2.78. The molecule has 0 bridgehead atoms. The number of hydrogen-bond acceptors (Lipinski definition) is 7. The van der Waals surface area contributed by atoms with Crippen LogP contribution in [-0.2, 0) is 10.5 Å². The largest absolute Gasteiger partial charge is 0.378 e. The van der Waals surface area contributed by atoms with Gasteiger partial charge in [0.1, 0.15) is 5.03 Å². The van der Waals surface area contributed by atoms with E-state index in [1.165, 1.54) is 11.8 Å². The summed E-state index contributed by atoms with van der Waals surface area (Å²) in [6.07, 6.45) is 3.48. The van der Waals surface area contributed by atoms with E-state index in [0.717, 1.165) is 41.5 Å². The molecule has 1 fully saturated rings. The number of carbonyl (C=O) groups excluding carboxylic acids is 1. The van der Waals surface area contributed by atoms with Gasteiger partial charge in [0.15, 0.2) is 0 Å². The molecule has 3 heterocycles. The third-order valence-corrected chi connectivity index (χ3v) is 5.89. The third-order valence-electron chi connectivity index (χ3n) is 4.85. The number of morpholine rings is 1. The highest BCUT2D eigenvalue weighted by Crippen LogP contribution is 2.25. The fourth-order valence-electron chi connectivity index (χ4n) is 3.45. The van der Waals surface area contributed by atoms with E-state index in [-0.39, 0.29) is 5.91 Å². The molecule has 1 aliphatic heterocycles. The lowest BCUT2D eigenvalue weighted by Crippen LogP contribution is -2.37. The van der Waals surface area contributed by atoms with Gasteiger partial charge in [-0.3, -0.25) is 4.79 Å². The Balaban J connectivity index is 1.46. The number of amides is 1. The number of hydrogen-bond donors (Lipinski definition) is 1. The lowest BCUT2D eigenvalue weighted by Gasteiger charge is -2.26. The minimum Gasteiger partial charge on any atom is -0.378 e. The first-order valence-electron chi connectivity index (χ1n) is 10.2. The topological polar surface area (TPSA) is 80.2 Å². The van der Waals surface area contributed by atoms with Gasteiger partial charge in [0, 0.05) is 36.9 Å². The van der Waals surface area contributed by atoms with Gasteiger partial charge in [0.05, 0.1) is 24.5 Å². The van der Waals surface area contributed by atoms with Crippen LogP contribution in [0.4, 0.5) is 11.6 Å². The fourth-order valence-corrected chi connectivity index (χ4v) is 4.34. The van der Waals surface area contributed by atoms with Crippen molar-refractivity contribution in [1.82, 2.24) is 15.0 Å². The van der Waals surface area contributed by atoms with Crippen LogP contribution in [0, 0.1) is 13.8 Å². The molecule has 0 atom stereocenters. The van der Waals surface area contributed by atoms with Crippen LogP contribution >= 0.6 is 11.8 Å². The number of aryl methyl sites for hydroxylation is 2. The second-order valence-corrected chi connectivity index (χ2v) is 8.39. The van der Waals surface area contributed by atoms with Crippen molar-refractivity contribution < 1.29 is 9.53 Å². The van der Waals surface area contributed by atoms with Gasteiger partial charge in [0.2, 0.25) is 5.95 Å². The Morgan fingerprint density at radius 3 is 2.65 bits per heavy atom. The second-order valence-electron chi connectivity index (χ2n) is 7.42. The molecule has 7 nitrogen and oxygen atoms in total. The quantitative estimate of drug-likeness (QED) is 0.589. The Hall–Kier alpha value is -2.97. The molecule has 31 heavy (non-hydrogen) atoms. The summed E-state index contributed by atoms with van der Waals surface area (Å²) in [5.41, 5.74) is 4.45. The summed E-state index contributed by atoms with van der Waals surface area (Å²) in [5.74, 6) is 1.15. The van der Waals surface area contributed by atoms with Crippen molar-refractivity contribution in [2.45, 2.75) is 24.6 Å². The van der Waals surface area contributed by atoms with Crippen LogP contribution in [0.15, 0.2) is 53.8 Å². The SMILES string of the molecule is Cc1cc(C)cc(NC(=O)c2cccnc2SCc2ccnc(N3CCOCC3)n2)c1. The maximum Gasteiger partial charge on any atom is 0.258 e. The zero-order valence-electron chi connectivity index (χ0n) is 17.7. The van der Waals surface area contributed by atoms with E-state index >= 15 is 0 Å². The van der Waals surface area contributed by atoms with Crippen molar-refractivity contribution in [2.24, 2.45) is 0 Å². The van der Waals surface area contributed by atoms with Crippen LogP contribution in [0.5, 0.6) is 0 Å². The van der Waals surface area contributed by atoms with Crippen LogP contribution in [0.25, 0.3) is 0 Å². The average molecular weight is 436 g/mol. The van der Waals surface area contributed by atoms with Crippen molar-refractivity contribution in [3.8, 4) is 0 Å². The number of thioether (sulfide) groups is 1. The van der Waals surface area contributed by atoms with Gasteiger partial charge in [-0.15, -0.1) is 0 Å². The number of carbonyl (C=O) groups is 1. The van der Waals surface area contributed by atoms with Gasteiger partial charge < -0.3 is 15.0 Å². The molecule has 0 saturated carbocycles. The number of pyridine rings is 1. The summed E-state index contributed by atoms with van der Waals surface area (Å²) in [5, 5.41) is 3.67. The van der Waals surface area contributed by atoms with Gasteiger partial charge in [-0.1, -0.05) is 17.8 Å². The van der Waals surface area contributed by atoms with E-state index in [0.29, 0.717) is 29.6 Å². The number of benzene rings is 1. The number of nitrogens with one attached hydrogen (secondary N) is 1. The smallest absolute Gasteiger partial charge is 0.258 e. The molecule has 160 valence electrons. The predicted octanol–water partition coefficient (Wildman–Crippen LogP) is 3.87. The Kier molecular flexibility index (Phi) is 6.79. The van der Waals surface area contributed by atoms with Gasteiger partial charge in [-0.2, -0.15) is 0 Å². The molecule has 1 aromatic carbocycles. The summed E-state index contributed by atoms with van der Waals surface area (Å²) < 4.78 is 5.40. The van der Waals surface area contributed by atoms with Crippen LogP contribution in [0.2, 0.25) is 0 Å². The maximum atomic E-state index is 12.9. The Morgan fingerprint density at radius 1 is 1.10 bits per heavy atom. The predicted molar refractivity (Wildman–Crippen MR) is 123 cm³/mol. The highest BCUT2D eigenvalue weighted by Gasteiger charge is 2.16. The van der Waals surface area contributed by atoms with Gasteiger partial charge >= 0.3 is 0 Å². The molecule has 0 aliphatic carbocycles. The molecule has 3 aromatic rings. The third kappa shape index (κ3) is 5.59. The number of nitrogens with zero attached hydrogens (tertiary/aromatic N) is 4. The summed E-state index contributed by atoms with van der Waals surface area (Å²) >= 11 is 1.50. The Bertz CT molecular complexity index is 1050. The molecule has 2 aromatic heterocycles. The summed E-state index contributed by atoms with van der Waals surface area (Å²) in [7, 11) is 0. The van der Waals surface area contributed by atoms with Crippen molar-refractivity contribution in [2.75, 3.05) is 36.5 Å². The van der Waals surface area contributed by atoms with Crippen molar-refractivity contribution in [3.63, 3.8) is 0 Å². The van der Waals surface area contributed by atoms with E-state index in [9.17, 15) is 4.79 Å². The van der Waals surface area contributed by atoms with Crippen molar-refractivity contribution in [3.05, 3.63) is 71.2 Å². The first-order valence-corrected chi connectivity index (χ1v) is 11.2. The van der Waals surface area contributed by atoms with Crippen LogP contribution in [-0.4, -0.2) is 47.2 Å². The molecule has 0 radical (unpaired) electrons. The number of ether oxygens (including phenoxy) is 1. The van der Waals surface area contributed by atoms with Gasteiger partial charge in [-0.25, -0.2) is 15.0 Å². The van der Waals surface area contributed by atoms with Crippen LogP contribution in [0.3, 0.4) is 0 Å². The molecule has 1 aliphatic rings. The fraction of sp³-hybridized carbons (Fsp3) is 0.304. The van der Waals surface area contributed by atoms with E-state index in [2.05, 4.69) is 31.2 Å². The Labute approximate surface area is 186 Å². The molecule has 1 amide bonds. The normalized spacial score (nSPS) is 13.8. The number of aromatic nitrogens is 3. The van der Waals surface area contributed by atoms with Crippen molar-refractivity contribution >= 4 is 29.3 Å². The lowest BCUT2D eigenvalue weighted by molar-refractivity contribution is 0.102. The first kappa shape index (κ1) is 21.3. The van der Waals surface area contributed by atoms with Crippen LogP contribution < -0.4 is 10.2 Å².